The molecule has 15 heteroatoms. The Bertz CT molecular complexity index is 1340. The maximum atomic E-state index is 13.4. The number of rotatable bonds is 4. The number of hydrogen-bond acceptors (Lipinski definition) is 5. The van der Waals surface area contributed by atoms with Crippen molar-refractivity contribution in [2.45, 2.75) is 24.8 Å². The molecule has 1 amide bonds. The number of likely N-dealkylation sites (N-methyl/N-ethyl adjacent to an activating group) is 1. The van der Waals surface area contributed by atoms with Crippen molar-refractivity contribution in [2.24, 2.45) is 0 Å². The summed E-state index contributed by atoms with van der Waals surface area (Å²) in [6.07, 6.45) is -2.72. The van der Waals surface area contributed by atoms with Crippen molar-refractivity contribution in [1.29, 1.82) is 0 Å². The van der Waals surface area contributed by atoms with Gasteiger partial charge in [0.25, 0.3) is 10.2 Å². The Morgan fingerprint density at radius 2 is 2.03 bits per heavy atom. The monoisotopic (exact) mass is 537 g/mol. The molecule has 34 heavy (non-hydrogen) atoms. The molecule has 0 spiro atoms. The summed E-state index contributed by atoms with van der Waals surface area (Å²) >= 11 is 6.81. The highest BCUT2D eigenvalue weighted by atomic mass is 35.5. The van der Waals surface area contributed by atoms with E-state index in [2.05, 4.69) is 15.1 Å². The number of amides is 1. The summed E-state index contributed by atoms with van der Waals surface area (Å²) in [4.78, 5) is 13.8. The third-order valence-electron chi connectivity index (χ3n) is 5.16. The fourth-order valence-corrected chi connectivity index (χ4v) is 5.95. The molecule has 0 unspecified atom stereocenters. The van der Waals surface area contributed by atoms with Gasteiger partial charge in [-0.3, -0.25) is 4.79 Å². The van der Waals surface area contributed by atoms with Crippen LogP contribution < -0.4 is 10.0 Å². The predicted octanol–water partition coefficient (Wildman–Crippen LogP) is 4.10. The topological polar surface area (TPSA) is 96.3 Å². The second-order valence-corrected chi connectivity index (χ2v) is 10.7. The zero-order valence-electron chi connectivity index (χ0n) is 17.2. The Hall–Kier alpha value is -2.52. The van der Waals surface area contributed by atoms with E-state index in [9.17, 15) is 30.8 Å². The first kappa shape index (κ1) is 24.6. The molecule has 3 heterocycles. The number of halogens is 5. The summed E-state index contributed by atoms with van der Waals surface area (Å²) in [5.41, 5.74) is 0.407. The Balaban J connectivity index is 1.56. The molecule has 1 saturated heterocycles. The number of carbonyl (C=O) groups excluding carboxylic acids is 1. The van der Waals surface area contributed by atoms with Gasteiger partial charge in [-0.1, -0.05) is 11.6 Å². The fourth-order valence-electron chi connectivity index (χ4n) is 3.38. The van der Waals surface area contributed by atoms with Crippen molar-refractivity contribution >= 4 is 44.7 Å². The molecular weight excluding hydrogens is 522 g/mol. The zero-order valence-corrected chi connectivity index (χ0v) is 19.6. The van der Waals surface area contributed by atoms with Crippen LogP contribution >= 0.6 is 22.9 Å². The van der Waals surface area contributed by atoms with Crippen molar-refractivity contribution in [3.05, 3.63) is 58.4 Å². The van der Waals surface area contributed by atoms with Crippen LogP contribution in [-0.2, 0) is 21.3 Å². The first-order chi connectivity index (χ1) is 15.8. The van der Waals surface area contributed by atoms with E-state index >= 15 is 0 Å². The number of benzene rings is 1. The van der Waals surface area contributed by atoms with Gasteiger partial charge in [-0.2, -0.15) is 27.2 Å². The van der Waals surface area contributed by atoms with Crippen LogP contribution in [0.3, 0.4) is 0 Å². The van der Waals surface area contributed by atoms with Crippen LogP contribution in [0.5, 0.6) is 0 Å². The first-order valence-electron chi connectivity index (χ1n) is 9.58. The minimum Gasteiger partial charge on any atom is -0.325 e. The van der Waals surface area contributed by atoms with E-state index in [1.54, 1.807) is 12.1 Å². The number of anilines is 1. The van der Waals surface area contributed by atoms with Gasteiger partial charge in [0.15, 0.2) is 0 Å². The van der Waals surface area contributed by atoms with Gasteiger partial charge in [-0.25, -0.2) is 4.39 Å². The third-order valence-corrected chi connectivity index (χ3v) is 8.29. The Labute approximate surface area is 200 Å². The minimum absolute atomic E-state index is 0.0399. The van der Waals surface area contributed by atoms with Crippen LogP contribution in [-0.4, -0.2) is 41.5 Å². The standard InChI is InChI=1S/C19H16ClF4N5O3S2/c1-28-15(18(30)26-11-2-3-13(21)12(20)6-11)7-14(27-34(28,31)32)17-5-4-16(33-17)10-8-25-29(9-10)19(22,23)24/h2-6,8-9,14-15,27H,7H2,1H3,(H,26,30)/t14-,15+/m0/s1. The molecule has 182 valence electrons. The highest BCUT2D eigenvalue weighted by Gasteiger charge is 2.41. The number of carbonyl (C=O) groups is 1. The lowest BCUT2D eigenvalue weighted by atomic mass is 10.1. The van der Waals surface area contributed by atoms with E-state index in [4.69, 9.17) is 11.6 Å². The van der Waals surface area contributed by atoms with Gasteiger partial charge in [0, 0.05) is 34.2 Å². The van der Waals surface area contributed by atoms with Crippen LogP contribution in [0.2, 0.25) is 5.02 Å². The molecule has 3 aromatic rings. The van der Waals surface area contributed by atoms with E-state index in [-0.39, 0.29) is 27.4 Å². The third kappa shape index (κ3) is 4.95. The summed E-state index contributed by atoms with van der Waals surface area (Å²) in [7, 11) is -2.81. The second kappa shape index (κ2) is 8.92. The molecular formula is C19H16ClF4N5O3S2. The molecule has 8 nitrogen and oxygen atoms in total. The average molecular weight is 538 g/mol. The lowest BCUT2D eigenvalue weighted by Crippen LogP contribution is -2.55. The number of nitrogens with zero attached hydrogens (tertiary/aromatic N) is 3. The Morgan fingerprint density at radius 1 is 1.29 bits per heavy atom. The molecule has 0 aliphatic carbocycles. The highest BCUT2D eigenvalue weighted by molar-refractivity contribution is 7.87. The quantitative estimate of drug-likeness (QED) is 0.490. The molecule has 0 radical (unpaired) electrons. The molecule has 1 aliphatic heterocycles. The van der Waals surface area contributed by atoms with Gasteiger partial charge in [-0.15, -0.1) is 24.5 Å². The van der Waals surface area contributed by atoms with E-state index in [1.807, 2.05) is 0 Å². The SMILES string of the molecule is CN1[C@@H](C(=O)Nc2ccc(F)c(Cl)c2)C[C@@H](c2ccc(-c3cnn(C(F)(F)F)c3)s2)NS1(=O)=O. The molecule has 0 saturated carbocycles. The van der Waals surface area contributed by atoms with Crippen molar-refractivity contribution < 1.29 is 30.8 Å². The van der Waals surface area contributed by atoms with Gasteiger partial charge in [0.1, 0.15) is 11.9 Å². The average Bonchev–Trinajstić information content (AvgIpc) is 3.42. The lowest BCUT2D eigenvalue weighted by Gasteiger charge is -2.35. The van der Waals surface area contributed by atoms with E-state index < -0.39 is 40.3 Å². The van der Waals surface area contributed by atoms with Crippen molar-refractivity contribution in [3.63, 3.8) is 0 Å². The van der Waals surface area contributed by atoms with Crippen LogP contribution in [0, 0.1) is 5.82 Å². The summed E-state index contributed by atoms with van der Waals surface area (Å²) in [6.45, 7) is 0. The van der Waals surface area contributed by atoms with Gasteiger partial charge < -0.3 is 5.32 Å². The normalized spacial score (nSPS) is 20.9. The molecule has 1 aromatic carbocycles. The number of alkyl halides is 3. The molecule has 4 rings (SSSR count). The fraction of sp³-hybridized carbons (Fsp3) is 0.263. The lowest BCUT2D eigenvalue weighted by molar-refractivity contribution is -0.212. The maximum Gasteiger partial charge on any atom is 0.504 e. The molecule has 2 aromatic heterocycles. The summed E-state index contributed by atoms with van der Waals surface area (Å²) in [5.74, 6) is -1.32. The largest absolute Gasteiger partial charge is 0.504 e. The van der Waals surface area contributed by atoms with Crippen molar-refractivity contribution in [3.8, 4) is 10.4 Å². The van der Waals surface area contributed by atoms with Crippen molar-refractivity contribution in [1.82, 2.24) is 18.8 Å². The van der Waals surface area contributed by atoms with Gasteiger partial charge in [0.2, 0.25) is 5.91 Å². The smallest absolute Gasteiger partial charge is 0.325 e. The number of hydrogen-bond donors (Lipinski definition) is 2. The molecule has 0 bridgehead atoms. The summed E-state index contributed by atoms with van der Waals surface area (Å²) < 4.78 is 80.3. The summed E-state index contributed by atoms with van der Waals surface area (Å²) in [5, 5.41) is 5.62. The Morgan fingerprint density at radius 3 is 2.68 bits per heavy atom. The van der Waals surface area contributed by atoms with Gasteiger partial charge >= 0.3 is 6.30 Å². The molecule has 1 aliphatic rings. The zero-order chi connectivity index (χ0) is 24.8. The van der Waals surface area contributed by atoms with Gasteiger partial charge in [0.05, 0.1) is 17.3 Å². The molecule has 2 atom stereocenters. The number of nitrogens with one attached hydrogen (secondary N) is 2. The van der Waals surface area contributed by atoms with Crippen molar-refractivity contribution in [2.75, 3.05) is 12.4 Å². The minimum atomic E-state index is -4.66. The second-order valence-electron chi connectivity index (χ2n) is 7.40. The molecule has 2 N–H and O–H groups in total. The Kier molecular flexibility index (Phi) is 6.46. The van der Waals surface area contributed by atoms with Gasteiger partial charge in [-0.05, 0) is 36.8 Å². The van der Waals surface area contributed by atoms with Crippen LogP contribution in [0.1, 0.15) is 17.3 Å². The van der Waals surface area contributed by atoms with E-state index in [1.165, 1.54) is 19.2 Å². The highest BCUT2D eigenvalue weighted by Crippen LogP contribution is 2.37. The first-order valence-corrected chi connectivity index (χ1v) is 12.2. The number of thiophene rings is 1. The number of aromatic nitrogens is 2. The molecule has 1 fully saturated rings. The maximum absolute atomic E-state index is 13.4. The summed E-state index contributed by atoms with van der Waals surface area (Å²) in [6, 6.07) is 4.78. The van der Waals surface area contributed by atoms with Crippen LogP contribution in [0.25, 0.3) is 10.4 Å². The van der Waals surface area contributed by atoms with Crippen LogP contribution in [0.15, 0.2) is 42.7 Å². The predicted molar refractivity (Wildman–Crippen MR) is 118 cm³/mol. The van der Waals surface area contributed by atoms with E-state index in [0.29, 0.717) is 9.75 Å². The van der Waals surface area contributed by atoms with E-state index in [0.717, 1.165) is 34.1 Å². The van der Waals surface area contributed by atoms with Crippen LogP contribution in [0.4, 0.5) is 23.2 Å².